The first-order valence-corrected chi connectivity index (χ1v) is 4.49. The summed E-state index contributed by atoms with van der Waals surface area (Å²) in [6, 6.07) is 0.0607. The fourth-order valence-electron chi connectivity index (χ4n) is 3.29. The highest BCUT2D eigenvalue weighted by molar-refractivity contribution is 6.10. The Morgan fingerprint density at radius 2 is 2.31 bits per heavy atom. The molecule has 1 spiro atoms. The van der Waals surface area contributed by atoms with Gasteiger partial charge in [-0.1, -0.05) is 12.2 Å². The van der Waals surface area contributed by atoms with Gasteiger partial charge in [-0.15, -0.1) is 0 Å². The van der Waals surface area contributed by atoms with Gasteiger partial charge < -0.3 is 4.74 Å². The smallest absolute Gasteiger partial charge is 0.337 e. The molecule has 0 N–H and O–H groups in total. The summed E-state index contributed by atoms with van der Waals surface area (Å²) in [5, 5.41) is 0. The average Bonchev–Trinajstić information content (AvgIpc) is 2.40. The van der Waals surface area contributed by atoms with Crippen LogP contribution < -0.4 is 0 Å². The number of piperidine rings is 1. The highest BCUT2D eigenvalue weighted by Gasteiger charge is 2.85. The summed E-state index contributed by atoms with van der Waals surface area (Å²) in [4.78, 5) is 24.7. The lowest BCUT2D eigenvalue weighted by Gasteiger charge is -2.13. The summed E-state index contributed by atoms with van der Waals surface area (Å²) in [7, 11) is 0. The van der Waals surface area contributed by atoms with Crippen molar-refractivity contribution in [2.24, 2.45) is 5.92 Å². The van der Waals surface area contributed by atoms with Gasteiger partial charge in [0.1, 0.15) is 6.04 Å². The third-order valence-electron chi connectivity index (χ3n) is 3.78. The first kappa shape index (κ1) is 6.32. The first-order valence-electron chi connectivity index (χ1n) is 4.49. The Balaban J connectivity index is 1.93. The maximum absolute atomic E-state index is 11.5. The molecule has 3 saturated heterocycles. The third kappa shape index (κ3) is 0.403. The SMILES string of the molecule is O=C1OC(=O)[C@@]23C4C=CC(C4)N2[C@H]13. The molecule has 4 heteroatoms. The minimum Gasteiger partial charge on any atom is -0.390 e. The maximum Gasteiger partial charge on any atom is 0.337 e. The van der Waals surface area contributed by atoms with Crippen LogP contribution in [0.4, 0.5) is 0 Å². The molecule has 2 bridgehead atoms. The monoisotopic (exact) mass is 177 g/mol. The molecule has 5 atom stereocenters. The van der Waals surface area contributed by atoms with Crippen LogP contribution in [0.5, 0.6) is 0 Å². The van der Waals surface area contributed by atoms with Crippen LogP contribution in [-0.2, 0) is 14.3 Å². The van der Waals surface area contributed by atoms with Gasteiger partial charge in [0.05, 0.1) is 0 Å². The predicted molar refractivity (Wildman–Crippen MR) is 40.5 cm³/mol. The summed E-state index contributed by atoms with van der Waals surface area (Å²) in [5.74, 6) is -0.441. The van der Waals surface area contributed by atoms with E-state index in [1.165, 1.54) is 0 Å². The van der Waals surface area contributed by atoms with Crippen molar-refractivity contribution in [2.75, 3.05) is 0 Å². The van der Waals surface area contributed by atoms with Crippen LogP contribution in [0.3, 0.4) is 0 Å². The second-order valence-electron chi connectivity index (χ2n) is 4.14. The van der Waals surface area contributed by atoms with E-state index in [0.29, 0.717) is 6.04 Å². The number of rotatable bonds is 0. The lowest BCUT2D eigenvalue weighted by Crippen LogP contribution is -2.32. The van der Waals surface area contributed by atoms with Crippen molar-refractivity contribution in [1.82, 2.24) is 4.90 Å². The van der Waals surface area contributed by atoms with Crippen LogP contribution in [0.2, 0.25) is 0 Å². The molecule has 0 amide bonds. The van der Waals surface area contributed by atoms with Gasteiger partial charge in [-0.25, -0.2) is 9.59 Å². The molecule has 3 aliphatic heterocycles. The van der Waals surface area contributed by atoms with E-state index in [4.69, 9.17) is 0 Å². The van der Waals surface area contributed by atoms with Gasteiger partial charge in [0.2, 0.25) is 0 Å². The van der Waals surface area contributed by atoms with Crippen molar-refractivity contribution in [1.29, 1.82) is 0 Å². The van der Waals surface area contributed by atoms with Crippen LogP contribution in [0.25, 0.3) is 0 Å². The van der Waals surface area contributed by atoms with Gasteiger partial charge in [0.15, 0.2) is 5.54 Å². The van der Waals surface area contributed by atoms with Crippen molar-refractivity contribution in [3.63, 3.8) is 0 Å². The number of fused-ring (bicyclic) bond motifs is 4. The number of carbonyl (C=O) groups is 2. The van der Waals surface area contributed by atoms with Crippen LogP contribution in [-0.4, -0.2) is 34.5 Å². The van der Waals surface area contributed by atoms with E-state index in [1.54, 1.807) is 0 Å². The lowest BCUT2D eigenvalue weighted by atomic mass is 9.90. The van der Waals surface area contributed by atoms with Crippen molar-refractivity contribution < 1.29 is 14.3 Å². The Morgan fingerprint density at radius 3 is 3.08 bits per heavy atom. The molecule has 4 nitrogen and oxygen atoms in total. The molecule has 0 radical (unpaired) electrons. The molecule has 4 aliphatic rings. The zero-order chi connectivity index (χ0) is 8.79. The third-order valence-corrected chi connectivity index (χ3v) is 3.78. The fraction of sp³-hybridized carbons (Fsp3) is 0.556. The quantitative estimate of drug-likeness (QED) is 0.215. The zero-order valence-corrected chi connectivity index (χ0v) is 6.77. The predicted octanol–water partition coefficient (Wildman–Crippen LogP) is -0.549. The van der Waals surface area contributed by atoms with E-state index in [-0.39, 0.29) is 23.9 Å². The van der Waals surface area contributed by atoms with Crippen molar-refractivity contribution in [3.8, 4) is 0 Å². The second-order valence-corrected chi connectivity index (χ2v) is 4.14. The molecule has 66 valence electrons. The zero-order valence-electron chi connectivity index (χ0n) is 6.77. The number of nitrogens with zero attached hydrogens (tertiary/aromatic N) is 1. The minimum absolute atomic E-state index is 0.224. The molecule has 3 unspecified atom stereocenters. The standard InChI is InChI=1S/C9H7NO3/c11-7-6-9(8(12)13-7)4-1-2-5(3-4)10(6)9/h1-2,4-6H,3H2/t4?,5?,6-,9+,10?/m1/s1. The Bertz CT molecular complexity index is 388. The maximum atomic E-state index is 11.5. The second kappa shape index (κ2) is 1.46. The highest BCUT2D eigenvalue weighted by Crippen LogP contribution is 2.63. The Labute approximate surface area is 74.1 Å². The molecule has 3 heterocycles. The van der Waals surface area contributed by atoms with Crippen LogP contribution in [0, 0.1) is 5.92 Å². The number of ether oxygens (including phenoxy) is 1. The van der Waals surface area contributed by atoms with Crippen LogP contribution in [0.15, 0.2) is 12.2 Å². The minimum atomic E-state index is -0.545. The fourth-order valence-corrected chi connectivity index (χ4v) is 3.29. The van der Waals surface area contributed by atoms with Gasteiger partial charge in [-0.05, 0) is 6.42 Å². The first-order chi connectivity index (χ1) is 6.26. The number of hydrogen-bond acceptors (Lipinski definition) is 4. The number of carbonyl (C=O) groups excluding carboxylic acids is 2. The van der Waals surface area contributed by atoms with E-state index < -0.39 is 5.54 Å². The molecule has 0 aromatic rings. The Morgan fingerprint density at radius 1 is 1.46 bits per heavy atom. The van der Waals surface area contributed by atoms with Crippen molar-refractivity contribution >= 4 is 11.9 Å². The number of hydrogen-bond donors (Lipinski definition) is 0. The van der Waals surface area contributed by atoms with Crippen LogP contribution >= 0.6 is 0 Å². The van der Waals surface area contributed by atoms with E-state index in [9.17, 15) is 9.59 Å². The highest BCUT2D eigenvalue weighted by atomic mass is 16.6. The summed E-state index contributed by atoms with van der Waals surface area (Å²) >= 11 is 0. The molecule has 0 saturated carbocycles. The molecule has 3 fully saturated rings. The van der Waals surface area contributed by atoms with E-state index in [0.717, 1.165) is 6.42 Å². The van der Waals surface area contributed by atoms with Crippen molar-refractivity contribution in [3.05, 3.63) is 12.2 Å². The van der Waals surface area contributed by atoms with Crippen LogP contribution in [0.1, 0.15) is 6.42 Å². The molecule has 0 aromatic carbocycles. The van der Waals surface area contributed by atoms with Gasteiger partial charge in [-0.2, -0.15) is 0 Å². The van der Waals surface area contributed by atoms with Crippen molar-refractivity contribution in [2.45, 2.75) is 24.0 Å². The number of esters is 2. The molecule has 13 heavy (non-hydrogen) atoms. The Hall–Kier alpha value is -1.16. The molecule has 1 aliphatic carbocycles. The molecule has 0 aromatic heterocycles. The summed E-state index contributed by atoms with van der Waals surface area (Å²) in [6.07, 6.45) is 5.13. The molecular formula is C9H7NO3. The molecular weight excluding hydrogens is 170 g/mol. The normalized spacial score (nSPS) is 59.4. The summed E-state index contributed by atoms with van der Waals surface area (Å²) in [6.45, 7) is 0. The van der Waals surface area contributed by atoms with E-state index >= 15 is 0 Å². The topological polar surface area (TPSA) is 46.4 Å². The van der Waals surface area contributed by atoms with Gasteiger partial charge in [0, 0.05) is 12.0 Å². The average molecular weight is 177 g/mol. The summed E-state index contributed by atoms with van der Waals surface area (Å²) < 4.78 is 4.63. The van der Waals surface area contributed by atoms with Gasteiger partial charge in [-0.3, -0.25) is 4.90 Å². The number of morpholine rings is 1. The van der Waals surface area contributed by atoms with Gasteiger partial charge in [0.25, 0.3) is 0 Å². The van der Waals surface area contributed by atoms with Gasteiger partial charge >= 0.3 is 11.9 Å². The summed E-state index contributed by atoms with van der Waals surface area (Å²) in [5.41, 5.74) is -0.545. The Kier molecular flexibility index (Phi) is 0.708. The number of cyclic esters (lactones) is 2. The molecule has 4 rings (SSSR count). The van der Waals surface area contributed by atoms with E-state index in [2.05, 4.69) is 16.9 Å². The largest absolute Gasteiger partial charge is 0.390 e. The lowest BCUT2D eigenvalue weighted by molar-refractivity contribution is -0.158. The van der Waals surface area contributed by atoms with E-state index in [1.807, 2.05) is 4.90 Å².